The first kappa shape index (κ1) is 14.2. The maximum atomic E-state index is 11.5. The van der Waals surface area contributed by atoms with Crippen molar-refractivity contribution >= 4 is 28.9 Å². The fraction of sp³-hybridized carbons (Fsp3) is 0.231. The summed E-state index contributed by atoms with van der Waals surface area (Å²) in [7, 11) is 1.85. The molecule has 0 spiro atoms. The van der Waals surface area contributed by atoms with E-state index < -0.39 is 5.91 Å². The number of carbonyl (C=O) groups is 1. The summed E-state index contributed by atoms with van der Waals surface area (Å²) in [6.45, 7) is 2.40. The smallest absolute Gasteiger partial charge is 0.250 e. The third-order valence-electron chi connectivity index (χ3n) is 2.95. The van der Waals surface area contributed by atoms with E-state index in [4.69, 9.17) is 23.1 Å². The number of halogens is 1. The number of benzene rings is 1. The van der Waals surface area contributed by atoms with Gasteiger partial charge in [-0.3, -0.25) is 9.48 Å². The van der Waals surface area contributed by atoms with Crippen molar-refractivity contribution in [3.63, 3.8) is 0 Å². The Morgan fingerprint density at radius 2 is 2.20 bits per heavy atom. The second kappa shape index (κ2) is 5.42. The number of hydrogen-bond donors (Lipinski definition) is 3. The number of rotatable bonds is 4. The summed E-state index contributed by atoms with van der Waals surface area (Å²) in [4.78, 5) is 11.5. The molecule has 106 valence electrons. The quantitative estimate of drug-likeness (QED) is 0.747. The first-order valence-corrected chi connectivity index (χ1v) is 6.38. The van der Waals surface area contributed by atoms with Crippen LogP contribution in [0.4, 0.5) is 11.4 Å². The first-order chi connectivity index (χ1) is 9.38. The Kier molecular flexibility index (Phi) is 3.85. The van der Waals surface area contributed by atoms with Crippen molar-refractivity contribution in [2.24, 2.45) is 12.8 Å². The van der Waals surface area contributed by atoms with Crippen molar-refractivity contribution in [2.75, 3.05) is 11.1 Å². The van der Waals surface area contributed by atoms with E-state index in [1.54, 1.807) is 10.7 Å². The molecule has 0 aliphatic carbocycles. The highest BCUT2D eigenvalue weighted by Gasteiger charge is 2.14. The minimum atomic E-state index is -0.579. The lowest BCUT2D eigenvalue weighted by Crippen LogP contribution is -2.15. The van der Waals surface area contributed by atoms with Gasteiger partial charge in [0.25, 0.3) is 5.91 Å². The lowest BCUT2D eigenvalue weighted by Gasteiger charge is -2.12. The number of aromatic nitrogens is 2. The van der Waals surface area contributed by atoms with Gasteiger partial charge in [-0.2, -0.15) is 5.10 Å². The van der Waals surface area contributed by atoms with Gasteiger partial charge in [0.15, 0.2) is 0 Å². The van der Waals surface area contributed by atoms with Crippen molar-refractivity contribution in [1.29, 1.82) is 0 Å². The van der Waals surface area contributed by atoms with Crippen molar-refractivity contribution in [3.05, 3.63) is 40.2 Å². The van der Waals surface area contributed by atoms with E-state index >= 15 is 0 Å². The third-order valence-corrected chi connectivity index (χ3v) is 3.25. The SMILES string of the molecule is Cc1nn(C)cc1CNc1c(Cl)cc(N)cc1C(N)=O. The Morgan fingerprint density at radius 1 is 1.50 bits per heavy atom. The molecule has 0 unspecified atom stereocenters. The summed E-state index contributed by atoms with van der Waals surface area (Å²) in [5, 5.41) is 7.73. The fourth-order valence-corrected chi connectivity index (χ4v) is 2.30. The van der Waals surface area contributed by atoms with Gasteiger partial charge in [0.05, 0.1) is 22.0 Å². The van der Waals surface area contributed by atoms with Gasteiger partial charge in [-0.1, -0.05) is 11.6 Å². The summed E-state index contributed by atoms with van der Waals surface area (Å²) in [6.07, 6.45) is 1.90. The standard InChI is InChI=1S/C13H16ClN5O/c1-7-8(6-19(2)18-7)5-17-12-10(13(16)20)3-9(15)4-11(12)14/h3-4,6,17H,5,15H2,1-2H3,(H2,16,20). The fourth-order valence-electron chi connectivity index (χ4n) is 2.01. The number of carbonyl (C=O) groups excluding carboxylic acids is 1. The Hall–Kier alpha value is -2.21. The molecule has 7 heteroatoms. The molecule has 0 aliphatic rings. The molecule has 2 rings (SSSR count). The van der Waals surface area contributed by atoms with Crippen LogP contribution < -0.4 is 16.8 Å². The van der Waals surface area contributed by atoms with Gasteiger partial charge in [0, 0.05) is 31.0 Å². The van der Waals surface area contributed by atoms with Gasteiger partial charge in [-0.25, -0.2) is 0 Å². The van der Waals surface area contributed by atoms with Gasteiger partial charge < -0.3 is 16.8 Å². The summed E-state index contributed by atoms with van der Waals surface area (Å²) in [6, 6.07) is 3.08. The average molecular weight is 294 g/mol. The second-order valence-corrected chi connectivity index (χ2v) is 4.96. The molecule has 0 saturated carbocycles. The minimum Gasteiger partial charge on any atom is -0.399 e. The maximum Gasteiger partial charge on any atom is 0.250 e. The summed E-state index contributed by atoms with van der Waals surface area (Å²) in [5.74, 6) is -0.579. The van der Waals surface area contributed by atoms with Gasteiger partial charge >= 0.3 is 0 Å². The molecule has 5 N–H and O–H groups in total. The van der Waals surface area contributed by atoms with Crippen LogP contribution in [0.3, 0.4) is 0 Å². The predicted octanol–water partition coefficient (Wildman–Crippen LogP) is 1.68. The van der Waals surface area contributed by atoms with E-state index in [2.05, 4.69) is 10.4 Å². The number of hydrogen-bond acceptors (Lipinski definition) is 4. The van der Waals surface area contributed by atoms with E-state index in [-0.39, 0.29) is 5.56 Å². The van der Waals surface area contributed by atoms with Crippen LogP contribution in [-0.2, 0) is 13.6 Å². The zero-order valence-corrected chi connectivity index (χ0v) is 12.0. The van der Waals surface area contributed by atoms with Crippen molar-refractivity contribution in [2.45, 2.75) is 13.5 Å². The second-order valence-electron chi connectivity index (χ2n) is 4.56. The van der Waals surface area contributed by atoms with Gasteiger partial charge in [-0.15, -0.1) is 0 Å². The van der Waals surface area contributed by atoms with Crippen molar-refractivity contribution in [1.82, 2.24) is 9.78 Å². The molecule has 0 aliphatic heterocycles. The molecule has 0 atom stereocenters. The van der Waals surface area contributed by atoms with Gasteiger partial charge in [-0.05, 0) is 19.1 Å². The lowest BCUT2D eigenvalue weighted by molar-refractivity contribution is 0.100. The maximum absolute atomic E-state index is 11.5. The van der Waals surface area contributed by atoms with Crippen LogP contribution in [0, 0.1) is 6.92 Å². The molecule has 0 saturated heterocycles. The molecular weight excluding hydrogens is 278 g/mol. The predicted molar refractivity (Wildman–Crippen MR) is 79.7 cm³/mol. The first-order valence-electron chi connectivity index (χ1n) is 6.00. The number of nitrogens with one attached hydrogen (secondary N) is 1. The molecule has 20 heavy (non-hydrogen) atoms. The molecule has 1 amide bonds. The van der Waals surface area contributed by atoms with Crippen LogP contribution >= 0.6 is 11.6 Å². The number of primary amides is 1. The van der Waals surface area contributed by atoms with Crippen molar-refractivity contribution in [3.8, 4) is 0 Å². The van der Waals surface area contributed by atoms with Crippen LogP contribution in [0.15, 0.2) is 18.3 Å². The van der Waals surface area contributed by atoms with Crippen LogP contribution in [0.5, 0.6) is 0 Å². The molecule has 2 aromatic rings. The zero-order valence-electron chi connectivity index (χ0n) is 11.3. The monoisotopic (exact) mass is 293 g/mol. The highest BCUT2D eigenvalue weighted by molar-refractivity contribution is 6.34. The molecule has 1 aromatic heterocycles. The van der Waals surface area contributed by atoms with Gasteiger partial charge in [0.2, 0.25) is 0 Å². The number of aryl methyl sites for hydroxylation is 2. The zero-order chi connectivity index (χ0) is 14.9. The highest BCUT2D eigenvalue weighted by atomic mass is 35.5. The molecule has 6 nitrogen and oxygen atoms in total. The largest absolute Gasteiger partial charge is 0.399 e. The summed E-state index contributed by atoms with van der Waals surface area (Å²) in [5.41, 5.74) is 14.1. The Morgan fingerprint density at radius 3 is 2.75 bits per heavy atom. The number of nitrogens with two attached hydrogens (primary N) is 2. The Labute approximate surface area is 121 Å². The molecule has 0 fully saturated rings. The molecule has 1 aromatic carbocycles. The number of anilines is 2. The lowest BCUT2D eigenvalue weighted by atomic mass is 10.1. The van der Waals surface area contributed by atoms with E-state index in [1.165, 1.54) is 6.07 Å². The third kappa shape index (κ3) is 2.85. The average Bonchev–Trinajstić information content (AvgIpc) is 2.65. The molecule has 0 bridgehead atoms. The minimum absolute atomic E-state index is 0.275. The van der Waals surface area contributed by atoms with Crippen LogP contribution in [-0.4, -0.2) is 15.7 Å². The molecule has 1 heterocycles. The van der Waals surface area contributed by atoms with E-state index in [0.717, 1.165) is 11.3 Å². The van der Waals surface area contributed by atoms with Crippen LogP contribution in [0.1, 0.15) is 21.6 Å². The topological polar surface area (TPSA) is 99.0 Å². The number of nitrogen functional groups attached to an aromatic ring is 1. The van der Waals surface area contributed by atoms with E-state index in [0.29, 0.717) is 22.9 Å². The molecule has 0 radical (unpaired) electrons. The summed E-state index contributed by atoms with van der Waals surface area (Å²) < 4.78 is 1.73. The van der Waals surface area contributed by atoms with E-state index in [9.17, 15) is 4.79 Å². The molecular formula is C13H16ClN5O. The van der Waals surface area contributed by atoms with Crippen molar-refractivity contribution < 1.29 is 4.79 Å². The number of amides is 1. The number of nitrogens with zero attached hydrogens (tertiary/aromatic N) is 2. The van der Waals surface area contributed by atoms with Crippen LogP contribution in [0.2, 0.25) is 5.02 Å². The van der Waals surface area contributed by atoms with Crippen LogP contribution in [0.25, 0.3) is 0 Å². The van der Waals surface area contributed by atoms with E-state index in [1.807, 2.05) is 20.2 Å². The summed E-state index contributed by atoms with van der Waals surface area (Å²) >= 11 is 6.12. The van der Waals surface area contributed by atoms with Gasteiger partial charge in [0.1, 0.15) is 0 Å². The normalized spacial score (nSPS) is 10.6. The highest BCUT2D eigenvalue weighted by Crippen LogP contribution is 2.29. The Bertz CT molecular complexity index is 665. The Balaban J connectivity index is 2.29.